The second-order valence-electron chi connectivity index (χ2n) is 9.67. The van der Waals surface area contributed by atoms with Crippen molar-refractivity contribution in [1.29, 1.82) is 0 Å². The summed E-state index contributed by atoms with van der Waals surface area (Å²) in [7, 11) is 0. The molecule has 0 amide bonds. The number of aryl methyl sites for hydroxylation is 1. The average molecular weight is 541 g/mol. The minimum absolute atomic E-state index is 0.388. The van der Waals surface area contributed by atoms with Crippen LogP contribution < -0.4 is 10.4 Å². The number of para-hydroxylation sites is 1. The largest absolute Gasteiger partial charge is 0.293 e. The number of rotatable bonds is 10. The van der Waals surface area contributed by atoms with Crippen LogP contribution in [0.25, 0.3) is 16.1 Å². The molecule has 4 nitrogen and oxygen atoms in total. The second-order valence-corrected chi connectivity index (χ2v) is 11.6. The summed E-state index contributed by atoms with van der Waals surface area (Å²) in [5, 5.41) is 2.18. The normalized spacial score (nSPS) is 15.9. The van der Waals surface area contributed by atoms with Gasteiger partial charge in [0.05, 0.1) is 28.0 Å². The SMILES string of the molecule is C=C(c1ccc(-c2cccc(SC)c2)s1)N(NCCN1CCCCC1c1ccccn1)c1ccccc1C. The Kier molecular flexibility index (Phi) is 8.97. The van der Waals surface area contributed by atoms with Crippen LogP contribution in [-0.2, 0) is 0 Å². The molecule has 0 bridgehead atoms. The first-order valence-electron chi connectivity index (χ1n) is 13.3. The lowest BCUT2D eigenvalue weighted by atomic mass is 9.99. The van der Waals surface area contributed by atoms with Crippen molar-refractivity contribution in [3.8, 4) is 10.4 Å². The van der Waals surface area contributed by atoms with Crippen molar-refractivity contribution in [2.75, 3.05) is 30.9 Å². The predicted molar refractivity (Wildman–Crippen MR) is 165 cm³/mol. The van der Waals surface area contributed by atoms with Gasteiger partial charge in [0.2, 0.25) is 0 Å². The number of nitrogens with one attached hydrogen (secondary N) is 1. The number of pyridine rings is 1. The molecule has 2 aromatic heterocycles. The highest BCUT2D eigenvalue weighted by atomic mass is 32.2. The zero-order valence-corrected chi connectivity index (χ0v) is 23.9. The Morgan fingerprint density at radius 1 is 1.08 bits per heavy atom. The maximum absolute atomic E-state index is 4.67. The van der Waals surface area contributed by atoms with Crippen LogP contribution in [0.15, 0.2) is 96.5 Å². The van der Waals surface area contributed by atoms with E-state index in [-0.39, 0.29) is 0 Å². The van der Waals surface area contributed by atoms with E-state index >= 15 is 0 Å². The first kappa shape index (κ1) is 26.7. The van der Waals surface area contributed by atoms with Crippen LogP contribution in [0, 0.1) is 6.92 Å². The molecule has 5 rings (SSSR count). The van der Waals surface area contributed by atoms with Gasteiger partial charge in [-0.1, -0.05) is 49.4 Å². The van der Waals surface area contributed by atoms with Crippen molar-refractivity contribution in [3.05, 3.63) is 108 Å². The smallest absolute Gasteiger partial charge is 0.0678 e. The molecule has 1 N–H and O–H groups in total. The number of likely N-dealkylation sites (tertiary alicyclic amines) is 1. The maximum Gasteiger partial charge on any atom is 0.0678 e. The van der Waals surface area contributed by atoms with Crippen molar-refractivity contribution in [2.45, 2.75) is 37.1 Å². The first-order valence-corrected chi connectivity index (χ1v) is 15.4. The van der Waals surface area contributed by atoms with E-state index < -0.39 is 0 Å². The monoisotopic (exact) mass is 540 g/mol. The molecule has 1 atom stereocenters. The molecule has 38 heavy (non-hydrogen) atoms. The highest BCUT2D eigenvalue weighted by Gasteiger charge is 2.25. The van der Waals surface area contributed by atoms with E-state index in [2.05, 4.69) is 113 Å². The fourth-order valence-corrected chi connectivity index (χ4v) is 6.57. The van der Waals surface area contributed by atoms with E-state index in [9.17, 15) is 0 Å². The van der Waals surface area contributed by atoms with Crippen LogP contribution >= 0.6 is 23.1 Å². The highest BCUT2D eigenvalue weighted by molar-refractivity contribution is 7.98. The molecular weight excluding hydrogens is 505 g/mol. The molecule has 0 spiro atoms. The summed E-state index contributed by atoms with van der Waals surface area (Å²) < 4.78 is 0. The Labute approximate surface area is 235 Å². The number of aromatic nitrogens is 1. The minimum atomic E-state index is 0.388. The lowest BCUT2D eigenvalue weighted by Gasteiger charge is -2.36. The molecular formula is C32H36N4S2. The van der Waals surface area contributed by atoms with Gasteiger partial charge >= 0.3 is 0 Å². The summed E-state index contributed by atoms with van der Waals surface area (Å²) in [5.74, 6) is 0. The van der Waals surface area contributed by atoms with Gasteiger partial charge in [-0.05, 0) is 86.2 Å². The van der Waals surface area contributed by atoms with E-state index in [0.717, 1.165) is 35.9 Å². The number of nitrogens with zero attached hydrogens (tertiary/aromatic N) is 3. The predicted octanol–water partition coefficient (Wildman–Crippen LogP) is 8.05. The van der Waals surface area contributed by atoms with Crippen LogP contribution in [0.3, 0.4) is 0 Å². The van der Waals surface area contributed by atoms with E-state index in [1.54, 1.807) is 23.1 Å². The zero-order chi connectivity index (χ0) is 26.3. The van der Waals surface area contributed by atoms with Gasteiger partial charge < -0.3 is 0 Å². The lowest BCUT2D eigenvalue weighted by Crippen LogP contribution is -2.44. The van der Waals surface area contributed by atoms with E-state index in [1.807, 2.05) is 12.3 Å². The third-order valence-electron chi connectivity index (χ3n) is 7.18. The molecule has 0 radical (unpaired) electrons. The molecule has 1 aliphatic heterocycles. The summed E-state index contributed by atoms with van der Waals surface area (Å²) in [5.41, 5.74) is 9.50. The van der Waals surface area contributed by atoms with Crippen LogP contribution in [0.5, 0.6) is 0 Å². The zero-order valence-electron chi connectivity index (χ0n) is 22.3. The summed E-state index contributed by atoms with van der Waals surface area (Å²) in [4.78, 5) is 11.0. The summed E-state index contributed by atoms with van der Waals surface area (Å²) in [6.45, 7) is 9.60. The molecule has 6 heteroatoms. The van der Waals surface area contributed by atoms with E-state index in [1.165, 1.54) is 45.9 Å². The fourth-order valence-electron chi connectivity index (χ4n) is 5.15. The molecule has 2 aromatic carbocycles. The van der Waals surface area contributed by atoms with Gasteiger partial charge in [-0.25, -0.2) is 5.43 Å². The lowest BCUT2D eigenvalue weighted by molar-refractivity contribution is 0.146. The van der Waals surface area contributed by atoms with Crippen molar-refractivity contribution in [3.63, 3.8) is 0 Å². The number of thiophene rings is 1. The summed E-state index contributed by atoms with van der Waals surface area (Å²) in [6.07, 6.45) is 7.71. The number of thioether (sulfide) groups is 1. The molecule has 196 valence electrons. The van der Waals surface area contributed by atoms with Crippen LogP contribution in [-0.4, -0.2) is 35.8 Å². The first-order chi connectivity index (χ1) is 18.6. The topological polar surface area (TPSA) is 31.4 Å². The van der Waals surface area contributed by atoms with Crippen molar-refractivity contribution in [2.24, 2.45) is 0 Å². The Morgan fingerprint density at radius 2 is 1.95 bits per heavy atom. The third-order valence-corrected chi connectivity index (χ3v) is 9.09. The van der Waals surface area contributed by atoms with Crippen molar-refractivity contribution < 1.29 is 0 Å². The Balaban J connectivity index is 1.34. The van der Waals surface area contributed by atoms with E-state index in [4.69, 9.17) is 0 Å². The molecule has 1 aliphatic rings. The van der Waals surface area contributed by atoms with Gasteiger partial charge in [0.15, 0.2) is 0 Å². The number of hydrazine groups is 1. The third kappa shape index (κ3) is 6.21. The number of hydrogen-bond acceptors (Lipinski definition) is 6. The molecule has 1 unspecified atom stereocenters. The highest BCUT2D eigenvalue weighted by Crippen LogP contribution is 2.36. The standard InChI is InChI=1S/C32H36N4S2/c1-24-11-4-5-15-29(24)36(25(2)31-17-18-32(38-31)26-12-10-13-27(23-26)37-3)34-20-22-35-21-9-7-16-30(35)28-14-6-8-19-33-28/h4-6,8,10-15,17-19,23,30,34H,2,7,9,16,20-22H2,1,3H3. The van der Waals surface area contributed by atoms with Gasteiger partial charge in [-0.2, -0.15) is 0 Å². The van der Waals surface area contributed by atoms with Crippen molar-refractivity contribution in [1.82, 2.24) is 15.3 Å². The second kappa shape index (κ2) is 12.8. The fraction of sp³-hybridized carbons (Fsp3) is 0.281. The molecule has 3 heterocycles. The van der Waals surface area contributed by atoms with E-state index in [0.29, 0.717) is 6.04 Å². The molecule has 1 fully saturated rings. The van der Waals surface area contributed by atoms with Gasteiger partial charge in [0.25, 0.3) is 0 Å². The maximum atomic E-state index is 4.67. The summed E-state index contributed by atoms with van der Waals surface area (Å²) >= 11 is 3.57. The molecule has 1 saturated heterocycles. The van der Waals surface area contributed by atoms with Crippen LogP contribution in [0.2, 0.25) is 0 Å². The van der Waals surface area contributed by atoms with Gasteiger partial charge in [-0.3, -0.25) is 14.9 Å². The quantitative estimate of drug-likeness (QED) is 0.162. The van der Waals surface area contributed by atoms with Gasteiger partial charge in [0, 0.05) is 29.1 Å². The number of benzene rings is 2. The number of anilines is 1. The Morgan fingerprint density at radius 3 is 2.76 bits per heavy atom. The van der Waals surface area contributed by atoms with Gasteiger partial charge in [0.1, 0.15) is 0 Å². The molecule has 0 aliphatic carbocycles. The van der Waals surface area contributed by atoms with Crippen molar-refractivity contribution >= 4 is 34.5 Å². The number of hydrogen-bond donors (Lipinski definition) is 1. The molecule has 0 saturated carbocycles. The Bertz CT molecular complexity index is 1350. The van der Waals surface area contributed by atoms with Crippen LogP contribution in [0.4, 0.5) is 5.69 Å². The minimum Gasteiger partial charge on any atom is -0.293 e. The molecule has 4 aromatic rings. The average Bonchev–Trinajstić information content (AvgIpc) is 3.47. The Hall–Kier alpha value is -2.90. The number of piperidine rings is 1. The van der Waals surface area contributed by atoms with Crippen LogP contribution in [0.1, 0.15) is 41.4 Å². The summed E-state index contributed by atoms with van der Waals surface area (Å²) in [6, 6.07) is 28.3. The van der Waals surface area contributed by atoms with Gasteiger partial charge in [-0.15, -0.1) is 23.1 Å².